The van der Waals surface area contributed by atoms with E-state index >= 15 is 0 Å². The van der Waals surface area contributed by atoms with Gasteiger partial charge in [-0.15, -0.1) is 0 Å². The molecule has 0 bridgehead atoms. The van der Waals surface area contributed by atoms with Gasteiger partial charge in [0, 0.05) is 23.3 Å². The monoisotopic (exact) mass is 430 g/mol. The summed E-state index contributed by atoms with van der Waals surface area (Å²) in [6, 6.07) is 11.4. The van der Waals surface area contributed by atoms with Gasteiger partial charge < -0.3 is 0 Å². The van der Waals surface area contributed by atoms with Crippen LogP contribution in [0, 0.1) is 6.92 Å². The van der Waals surface area contributed by atoms with Crippen LogP contribution in [0.4, 0.5) is 18.3 Å². The molecule has 0 radical (unpaired) electrons. The first-order chi connectivity index (χ1) is 14.3. The molecule has 1 aromatic carbocycles. The van der Waals surface area contributed by atoms with Crippen LogP contribution in [0.2, 0.25) is 0 Å². The second kappa shape index (κ2) is 7.67. The van der Waals surface area contributed by atoms with Gasteiger partial charge >= 0.3 is 6.18 Å². The van der Waals surface area contributed by atoms with Gasteiger partial charge in [-0.3, -0.25) is 10.1 Å². The van der Waals surface area contributed by atoms with Gasteiger partial charge in [0.2, 0.25) is 5.13 Å². The molecule has 0 aliphatic heterocycles. The third-order valence-electron chi connectivity index (χ3n) is 4.23. The van der Waals surface area contributed by atoms with E-state index in [1.54, 1.807) is 6.92 Å². The van der Waals surface area contributed by atoms with Crippen LogP contribution in [-0.2, 0) is 6.18 Å². The number of aromatic nitrogens is 5. The molecule has 3 heterocycles. The molecule has 1 N–H and O–H groups in total. The van der Waals surface area contributed by atoms with Crippen molar-refractivity contribution < 1.29 is 18.0 Å². The highest BCUT2D eigenvalue weighted by atomic mass is 32.1. The minimum atomic E-state index is -4.48. The van der Waals surface area contributed by atoms with E-state index in [1.165, 1.54) is 16.9 Å². The van der Waals surface area contributed by atoms with E-state index in [4.69, 9.17) is 0 Å². The Labute approximate surface area is 172 Å². The summed E-state index contributed by atoms with van der Waals surface area (Å²) in [6.07, 6.45) is -2.43. The minimum Gasteiger partial charge on any atom is -0.296 e. The predicted molar refractivity (Wildman–Crippen MR) is 104 cm³/mol. The van der Waals surface area contributed by atoms with Crippen LogP contribution >= 0.6 is 11.5 Å². The van der Waals surface area contributed by atoms with Gasteiger partial charge in [0.05, 0.1) is 23.0 Å². The molecule has 0 saturated carbocycles. The maximum atomic E-state index is 12.7. The standard InChI is InChI=1S/C19H13F3N6OS/c1-11-14(10-24-28(11)15-8-7-13(9-23-15)19(20,21)22)17(29)26-18-25-16(27-30-18)12-5-3-2-4-6-12/h2-10H,1H3,(H,25,26,27,29). The number of benzene rings is 1. The number of hydrogen-bond acceptors (Lipinski definition) is 6. The van der Waals surface area contributed by atoms with Crippen molar-refractivity contribution in [3.05, 3.63) is 71.7 Å². The summed E-state index contributed by atoms with van der Waals surface area (Å²) < 4.78 is 43.6. The Kier molecular flexibility index (Phi) is 5.04. The highest BCUT2D eigenvalue weighted by Gasteiger charge is 2.30. The van der Waals surface area contributed by atoms with Crippen LogP contribution in [0.25, 0.3) is 17.2 Å². The van der Waals surface area contributed by atoms with Gasteiger partial charge in [0.25, 0.3) is 5.91 Å². The number of alkyl halides is 3. The first kappa shape index (κ1) is 19.7. The molecule has 0 unspecified atom stereocenters. The molecular weight excluding hydrogens is 417 g/mol. The molecule has 152 valence electrons. The highest BCUT2D eigenvalue weighted by Crippen LogP contribution is 2.29. The summed E-state index contributed by atoms with van der Waals surface area (Å²) in [5.74, 6) is 0.209. The number of halogens is 3. The van der Waals surface area contributed by atoms with Crippen molar-refractivity contribution in [2.75, 3.05) is 5.32 Å². The lowest BCUT2D eigenvalue weighted by molar-refractivity contribution is -0.137. The fourth-order valence-electron chi connectivity index (χ4n) is 2.69. The molecular formula is C19H13F3N6OS. The summed E-state index contributed by atoms with van der Waals surface area (Å²) >= 11 is 1.04. The van der Waals surface area contributed by atoms with E-state index in [-0.39, 0.29) is 11.4 Å². The maximum Gasteiger partial charge on any atom is 0.417 e. The smallest absolute Gasteiger partial charge is 0.296 e. The maximum absolute atomic E-state index is 12.7. The van der Waals surface area contributed by atoms with Crippen LogP contribution in [0.3, 0.4) is 0 Å². The molecule has 11 heteroatoms. The average Bonchev–Trinajstić information content (AvgIpc) is 3.35. The fourth-order valence-corrected chi connectivity index (χ4v) is 3.27. The number of amides is 1. The van der Waals surface area contributed by atoms with Crippen molar-refractivity contribution in [1.29, 1.82) is 0 Å². The Balaban J connectivity index is 1.52. The van der Waals surface area contributed by atoms with Crippen molar-refractivity contribution in [2.45, 2.75) is 13.1 Å². The number of nitrogens with one attached hydrogen (secondary N) is 1. The van der Waals surface area contributed by atoms with E-state index < -0.39 is 17.6 Å². The molecule has 1 amide bonds. The lowest BCUT2D eigenvalue weighted by atomic mass is 10.2. The SMILES string of the molecule is Cc1c(C(=O)Nc2nc(-c3ccccc3)ns2)cnn1-c1ccc(C(F)(F)F)cn1. The summed E-state index contributed by atoms with van der Waals surface area (Å²) in [6.45, 7) is 1.62. The van der Waals surface area contributed by atoms with Gasteiger partial charge in [-0.1, -0.05) is 30.3 Å². The predicted octanol–water partition coefficient (Wildman–Crippen LogP) is 4.37. The van der Waals surface area contributed by atoms with Crippen molar-refractivity contribution in [3.8, 4) is 17.2 Å². The molecule has 0 aliphatic rings. The first-order valence-electron chi connectivity index (χ1n) is 8.61. The second-order valence-electron chi connectivity index (χ2n) is 6.20. The molecule has 7 nitrogen and oxygen atoms in total. The number of anilines is 1. The zero-order chi connectivity index (χ0) is 21.3. The van der Waals surface area contributed by atoms with Crippen molar-refractivity contribution in [1.82, 2.24) is 24.1 Å². The summed E-state index contributed by atoms with van der Waals surface area (Å²) in [5, 5.41) is 7.06. The lowest BCUT2D eigenvalue weighted by Gasteiger charge is -2.08. The lowest BCUT2D eigenvalue weighted by Crippen LogP contribution is -2.13. The van der Waals surface area contributed by atoms with Gasteiger partial charge in [0.1, 0.15) is 0 Å². The molecule has 4 rings (SSSR count). The second-order valence-corrected chi connectivity index (χ2v) is 6.95. The van der Waals surface area contributed by atoms with Crippen molar-refractivity contribution in [2.24, 2.45) is 0 Å². The number of hydrogen-bond donors (Lipinski definition) is 1. The van der Waals surface area contributed by atoms with Gasteiger partial charge in [-0.2, -0.15) is 27.6 Å². The molecule has 0 fully saturated rings. The van der Waals surface area contributed by atoms with Crippen LogP contribution in [0.1, 0.15) is 21.6 Å². The zero-order valence-corrected chi connectivity index (χ0v) is 16.2. The van der Waals surface area contributed by atoms with E-state index in [2.05, 4.69) is 24.8 Å². The Morgan fingerprint density at radius 3 is 2.53 bits per heavy atom. The summed E-state index contributed by atoms with van der Waals surface area (Å²) in [5.41, 5.74) is 0.631. The average molecular weight is 430 g/mol. The van der Waals surface area contributed by atoms with Crippen LogP contribution in [0.5, 0.6) is 0 Å². The molecule has 30 heavy (non-hydrogen) atoms. The quantitative estimate of drug-likeness (QED) is 0.520. The van der Waals surface area contributed by atoms with Gasteiger partial charge in [-0.05, 0) is 19.1 Å². The van der Waals surface area contributed by atoms with E-state index in [9.17, 15) is 18.0 Å². The molecule has 0 aliphatic carbocycles. The molecule has 4 aromatic rings. The first-order valence-corrected chi connectivity index (χ1v) is 9.39. The Morgan fingerprint density at radius 2 is 1.87 bits per heavy atom. The normalized spacial score (nSPS) is 11.5. The van der Waals surface area contributed by atoms with Crippen LogP contribution < -0.4 is 5.32 Å². The molecule has 0 spiro atoms. The molecule has 0 saturated heterocycles. The number of nitrogens with zero attached hydrogens (tertiary/aromatic N) is 5. The zero-order valence-electron chi connectivity index (χ0n) is 15.4. The molecule has 3 aromatic heterocycles. The third kappa shape index (κ3) is 3.92. The molecule has 0 atom stereocenters. The van der Waals surface area contributed by atoms with Gasteiger partial charge in [-0.25, -0.2) is 9.67 Å². The third-order valence-corrected chi connectivity index (χ3v) is 4.86. The van der Waals surface area contributed by atoms with Crippen molar-refractivity contribution >= 4 is 22.6 Å². The Hall–Kier alpha value is -3.60. The topological polar surface area (TPSA) is 85.6 Å². The van der Waals surface area contributed by atoms with Crippen molar-refractivity contribution in [3.63, 3.8) is 0 Å². The van der Waals surface area contributed by atoms with E-state index in [0.717, 1.165) is 29.4 Å². The van der Waals surface area contributed by atoms with E-state index in [0.29, 0.717) is 16.6 Å². The van der Waals surface area contributed by atoms with E-state index in [1.807, 2.05) is 30.3 Å². The summed E-state index contributed by atoms with van der Waals surface area (Å²) in [7, 11) is 0. The van der Waals surface area contributed by atoms with Gasteiger partial charge in [0.15, 0.2) is 11.6 Å². The minimum absolute atomic E-state index is 0.168. The van der Waals surface area contributed by atoms with Crippen LogP contribution in [0.15, 0.2) is 54.9 Å². The van der Waals surface area contributed by atoms with Crippen LogP contribution in [-0.4, -0.2) is 30.0 Å². The number of carbonyl (C=O) groups is 1. The largest absolute Gasteiger partial charge is 0.417 e. The number of pyridine rings is 1. The Bertz CT molecular complexity index is 1190. The summed E-state index contributed by atoms with van der Waals surface area (Å²) in [4.78, 5) is 20.7. The number of rotatable bonds is 4. The number of carbonyl (C=O) groups excluding carboxylic acids is 1. The Morgan fingerprint density at radius 1 is 1.10 bits per heavy atom. The highest BCUT2D eigenvalue weighted by molar-refractivity contribution is 7.10. The fraction of sp³-hybridized carbons (Fsp3) is 0.105.